The van der Waals surface area contributed by atoms with E-state index in [4.69, 9.17) is 0 Å². The molecule has 1 saturated heterocycles. The predicted molar refractivity (Wildman–Crippen MR) is 105 cm³/mol. The third-order valence-corrected chi connectivity index (χ3v) is 6.42. The van der Waals surface area contributed by atoms with Crippen LogP contribution in [0.1, 0.15) is 50.1 Å². The zero-order chi connectivity index (χ0) is 18.5. The molecule has 5 nitrogen and oxygen atoms in total. The van der Waals surface area contributed by atoms with E-state index in [1.54, 1.807) is 17.5 Å². The highest BCUT2D eigenvalue weighted by molar-refractivity contribution is 7.09. The van der Waals surface area contributed by atoms with Gasteiger partial charge in [0.15, 0.2) is 0 Å². The van der Waals surface area contributed by atoms with Crippen LogP contribution in [-0.4, -0.2) is 46.6 Å². The molecule has 4 unspecified atom stereocenters. The number of allylic oxidation sites excluding steroid dienone is 3. The number of likely N-dealkylation sites (tertiary alicyclic amines) is 1. The Morgan fingerprint density at radius 2 is 2.38 bits per heavy atom. The second-order valence-corrected chi connectivity index (χ2v) is 8.32. The van der Waals surface area contributed by atoms with Crippen LogP contribution in [0.2, 0.25) is 0 Å². The highest BCUT2D eigenvalue weighted by Crippen LogP contribution is 2.28. The fourth-order valence-electron chi connectivity index (χ4n) is 3.85. The summed E-state index contributed by atoms with van der Waals surface area (Å²) in [5, 5.41) is 16.7. The van der Waals surface area contributed by atoms with Gasteiger partial charge in [-0.05, 0) is 45.7 Å². The van der Waals surface area contributed by atoms with E-state index >= 15 is 0 Å². The minimum Gasteiger partial charge on any atom is -0.391 e. The van der Waals surface area contributed by atoms with Gasteiger partial charge in [-0.25, -0.2) is 4.98 Å². The quantitative estimate of drug-likeness (QED) is 0.769. The summed E-state index contributed by atoms with van der Waals surface area (Å²) in [5.41, 5.74) is 1.33. The molecular weight excluding hydrogens is 346 g/mol. The van der Waals surface area contributed by atoms with Crippen molar-refractivity contribution < 1.29 is 9.90 Å². The number of amides is 1. The van der Waals surface area contributed by atoms with Crippen LogP contribution in [0.4, 0.5) is 0 Å². The summed E-state index contributed by atoms with van der Waals surface area (Å²) in [6.45, 7) is 2.81. The van der Waals surface area contributed by atoms with Crippen LogP contribution in [-0.2, 0) is 4.79 Å². The number of nitrogens with one attached hydrogen (secondary N) is 1. The van der Waals surface area contributed by atoms with Crippen molar-refractivity contribution in [3.05, 3.63) is 40.4 Å². The van der Waals surface area contributed by atoms with E-state index in [0.717, 1.165) is 43.7 Å². The van der Waals surface area contributed by atoms with Crippen molar-refractivity contribution in [3.8, 4) is 0 Å². The molecule has 142 valence electrons. The normalized spacial score (nSPS) is 24.1. The summed E-state index contributed by atoms with van der Waals surface area (Å²) in [5.74, 6) is -0.534. The number of hydrogen-bond donors (Lipinski definition) is 2. The monoisotopic (exact) mass is 375 g/mol. The molecule has 1 aliphatic heterocycles. The Labute approximate surface area is 159 Å². The molecule has 0 bridgehead atoms. The second-order valence-electron chi connectivity index (χ2n) is 7.40. The first kappa shape index (κ1) is 19.3. The number of hydrogen-bond acceptors (Lipinski definition) is 5. The lowest BCUT2D eigenvalue weighted by Crippen LogP contribution is -2.46. The van der Waals surface area contributed by atoms with Crippen molar-refractivity contribution >= 4 is 17.2 Å². The minimum atomic E-state index is -0.642. The van der Waals surface area contributed by atoms with E-state index in [9.17, 15) is 9.90 Å². The van der Waals surface area contributed by atoms with Crippen molar-refractivity contribution in [2.75, 3.05) is 13.6 Å². The lowest BCUT2D eigenvalue weighted by atomic mass is 9.94. The third-order valence-electron chi connectivity index (χ3n) is 5.53. The highest BCUT2D eigenvalue weighted by Gasteiger charge is 2.35. The lowest BCUT2D eigenvalue weighted by Gasteiger charge is -2.30. The number of aromatic nitrogens is 1. The van der Waals surface area contributed by atoms with E-state index in [-0.39, 0.29) is 18.0 Å². The van der Waals surface area contributed by atoms with Crippen molar-refractivity contribution in [2.24, 2.45) is 5.92 Å². The molecule has 0 spiro atoms. The van der Waals surface area contributed by atoms with Gasteiger partial charge in [0, 0.05) is 17.6 Å². The smallest absolute Gasteiger partial charge is 0.226 e. The standard InChI is InChI=1S/C20H29N3O2S/c1-14(18(24)17-9-6-11-23(17)2)19(25)22-16(20-21-10-12-26-20)13-15-7-4-3-5-8-15/h3-4,7,10,12,14,16-18,24H,5-6,8-9,11,13H2,1-2H3,(H,22,25). The van der Waals surface area contributed by atoms with Crippen molar-refractivity contribution in [3.63, 3.8) is 0 Å². The van der Waals surface area contributed by atoms with Crippen molar-refractivity contribution in [1.82, 2.24) is 15.2 Å². The lowest BCUT2D eigenvalue weighted by molar-refractivity contribution is -0.130. The van der Waals surface area contributed by atoms with Gasteiger partial charge < -0.3 is 15.3 Å². The Hall–Kier alpha value is -1.50. The maximum atomic E-state index is 12.8. The number of aliphatic hydroxyl groups is 1. The molecule has 1 aliphatic carbocycles. The molecule has 0 radical (unpaired) electrons. The van der Waals surface area contributed by atoms with Crippen LogP contribution in [0.25, 0.3) is 0 Å². The number of carbonyl (C=O) groups is 1. The fourth-order valence-corrected chi connectivity index (χ4v) is 4.54. The Bertz CT molecular complexity index is 656. The van der Waals surface area contributed by atoms with Gasteiger partial charge in [-0.2, -0.15) is 0 Å². The number of thiazole rings is 1. The van der Waals surface area contributed by atoms with E-state index in [1.807, 2.05) is 19.4 Å². The van der Waals surface area contributed by atoms with E-state index in [1.165, 1.54) is 5.57 Å². The first-order chi connectivity index (χ1) is 12.6. The SMILES string of the molecule is CC(C(=O)NC(CC1=CC=CCC1)c1nccs1)C(O)C1CCCN1C. The van der Waals surface area contributed by atoms with Gasteiger partial charge in [0.25, 0.3) is 0 Å². The zero-order valence-corrected chi connectivity index (χ0v) is 16.4. The largest absolute Gasteiger partial charge is 0.391 e. The molecule has 1 aromatic rings. The first-order valence-electron chi connectivity index (χ1n) is 9.49. The minimum absolute atomic E-state index is 0.0697. The molecule has 2 heterocycles. The molecule has 1 fully saturated rings. The Kier molecular flexibility index (Phi) is 6.62. The van der Waals surface area contributed by atoms with Crippen LogP contribution < -0.4 is 5.32 Å². The van der Waals surface area contributed by atoms with Crippen LogP contribution in [0.5, 0.6) is 0 Å². The Morgan fingerprint density at radius 3 is 3.00 bits per heavy atom. The average Bonchev–Trinajstić information content (AvgIpc) is 3.32. The fraction of sp³-hybridized carbons (Fsp3) is 0.600. The molecule has 1 amide bonds. The number of carbonyl (C=O) groups excluding carboxylic acids is 1. The van der Waals surface area contributed by atoms with Crippen LogP contribution >= 0.6 is 11.3 Å². The number of rotatable bonds is 7. The number of nitrogens with zero attached hydrogens (tertiary/aromatic N) is 2. The summed E-state index contributed by atoms with van der Waals surface area (Å²) in [6, 6.07) is -0.0588. The Morgan fingerprint density at radius 1 is 1.54 bits per heavy atom. The van der Waals surface area contributed by atoms with Crippen molar-refractivity contribution in [2.45, 2.75) is 57.2 Å². The summed E-state index contributed by atoms with van der Waals surface area (Å²) in [4.78, 5) is 19.4. The molecule has 0 aromatic carbocycles. The van der Waals surface area contributed by atoms with E-state index < -0.39 is 12.0 Å². The first-order valence-corrected chi connectivity index (χ1v) is 10.4. The molecule has 3 rings (SSSR count). The van der Waals surface area contributed by atoms with Gasteiger partial charge in [-0.3, -0.25) is 4.79 Å². The van der Waals surface area contributed by atoms with Crippen LogP contribution in [0.15, 0.2) is 35.4 Å². The molecule has 6 heteroatoms. The summed E-state index contributed by atoms with van der Waals surface area (Å²) >= 11 is 1.57. The van der Waals surface area contributed by atoms with Gasteiger partial charge in [0.05, 0.1) is 18.1 Å². The van der Waals surface area contributed by atoms with E-state index in [0.29, 0.717) is 0 Å². The predicted octanol–water partition coefficient (Wildman–Crippen LogP) is 3.06. The second kappa shape index (κ2) is 8.93. The van der Waals surface area contributed by atoms with Gasteiger partial charge in [-0.15, -0.1) is 11.3 Å². The van der Waals surface area contributed by atoms with Gasteiger partial charge >= 0.3 is 0 Å². The zero-order valence-electron chi connectivity index (χ0n) is 15.6. The average molecular weight is 376 g/mol. The molecule has 0 saturated carbocycles. The third kappa shape index (κ3) is 4.61. The molecular formula is C20H29N3O2S. The van der Waals surface area contributed by atoms with Crippen molar-refractivity contribution in [1.29, 1.82) is 0 Å². The van der Waals surface area contributed by atoms with Gasteiger partial charge in [0.2, 0.25) is 5.91 Å². The summed E-state index contributed by atoms with van der Waals surface area (Å²) in [7, 11) is 2.02. The summed E-state index contributed by atoms with van der Waals surface area (Å²) < 4.78 is 0. The topological polar surface area (TPSA) is 65.5 Å². The van der Waals surface area contributed by atoms with Gasteiger partial charge in [-0.1, -0.05) is 30.7 Å². The molecule has 26 heavy (non-hydrogen) atoms. The van der Waals surface area contributed by atoms with Gasteiger partial charge in [0.1, 0.15) is 5.01 Å². The van der Waals surface area contributed by atoms with E-state index in [2.05, 4.69) is 33.4 Å². The molecule has 1 aromatic heterocycles. The highest BCUT2D eigenvalue weighted by atomic mass is 32.1. The van der Waals surface area contributed by atoms with Crippen LogP contribution in [0.3, 0.4) is 0 Å². The van der Waals surface area contributed by atoms with Crippen LogP contribution in [0, 0.1) is 5.92 Å². The maximum absolute atomic E-state index is 12.8. The number of likely N-dealkylation sites (N-methyl/N-ethyl adjacent to an activating group) is 1. The molecule has 2 aliphatic rings. The summed E-state index contributed by atoms with van der Waals surface area (Å²) in [6.07, 6.45) is 12.4. The molecule has 2 N–H and O–H groups in total. The Balaban J connectivity index is 1.66. The number of aliphatic hydroxyl groups excluding tert-OH is 1. The molecule has 4 atom stereocenters. The maximum Gasteiger partial charge on any atom is 0.226 e.